The number of hydrogen-bond donors (Lipinski definition) is 1. The lowest BCUT2D eigenvalue weighted by Crippen LogP contribution is -2.33. The Bertz CT molecular complexity index is 1000. The quantitative estimate of drug-likeness (QED) is 0.669. The molecule has 28 heavy (non-hydrogen) atoms. The number of carbonyl (C=O) groups excluding carboxylic acids is 1. The molecule has 1 amide bonds. The summed E-state index contributed by atoms with van der Waals surface area (Å²) in [5.41, 5.74) is 4.28. The lowest BCUT2D eigenvalue weighted by Gasteiger charge is -2.26. The van der Waals surface area contributed by atoms with E-state index in [1.54, 1.807) is 4.68 Å². The van der Waals surface area contributed by atoms with Crippen LogP contribution in [0.25, 0.3) is 5.69 Å². The van der Waals surface area contributed by atoms with Gasteiger partial charge in [-0.25, -0.2) is 0 Å². The number of fused-ring (bicyclic) bond motifs is 1. The van der Waals surface area contributed by atoms with Crippen molar-refractivity contribution in [3.05, 3.63) is 59.2 Å². The molecule has 0 bridgehead atoms. The van der Waals surface area contributed by atoms with E-state index in [1.165, 1.54) is 22.9 Å². The number of nitrogens with one attached hydrogen (secondary N) is 1. The summed E-state index contributed by atoms with van der Waals surface area (Å²) in [6.07, 6.45) is 0.758. The third-order valence-corrected chi connectivity index (χ3v) is 5.72. The van der Waals surface area contributed by atoms with Crippen molar-refractivity contribution in [3.8, 4) is 11.4 Å². The molecular formula is C20H21N5O2S. The first-order chi connectivity index (χ1) is 13.6. The van der Waals surface area contributed by atoms with Gasteiger partial charge in [0.15, 0.2) is 0 Å². The molecule has 1 unspecified atom stereocenters. The van der Waals surface area contributed by atoms with Crippen molar-refractivity contribution in [2.45, 2.75) is 31.5 Å². The highest BCUT2D eigenvalue weighted by Gasteiger charge is 2.23. The fraction of sp³-hybridized carbons (Fsp3) is 0.300. The second-order valence-electron chi connectivity index (χ2n) is 6.73. The van der Waals surface area contributed by atoms with Crippen LogP contribution in [0.3, 0.4) is 0 Å². The average Bonchev–Trinajstić information content (AvgIpc) is 3.17. The zero-order valence-electron chi connectivity index (χ0n) is 15.8. The van der Waals surface area contributed by atoms with Gasteiger partial charge in [0, 0.05) is 12.0 Å². The molecule has 0 aliphatic carbocycles. The maximum Gasteiger partial charge on any atom is 0.230 e. The van der Waals surface area contributed by atoms with Gasteiger partial charge in [0.2, 0.25) is 11.1 Å². The topological polar surface area (TPSA) is 81.9 Å². The van der Waals surface area contributed by atoms with E-state index < -0.39 is 0 Å². The van der Waals surface area contributed by atoms with Crippen LogP contribution in [0.4, 0.5) is 0 Å². The van der Waals surface area contributed by atoms with E-state index in [9.17, 15) is 4.79 Å². The van der Waals surface area contributed by atoms with Crippen molar-refractivity contribution in [2.75, 3.05) is 12.4 Å². The number of ether oxygens (including phenoxy) is 1. The van der Waals surface area contributed by atoms with Crippen LogP contribution in [0.15, 0.2) is 47.6 Å². The van der Waals surface area contributed by atoms with Crippen LogP contribution in [-0.2, 0) is 4.79 Å². The number of benzene rings is 2. The van der Waals surface area contributed by atoms with Crippen LogP contribution < -0.4 is 10.1 Å². The van der Waals surface area contributed by atoms with Crippen LogP contribution in [0.2, 0.25) is 0 Å². The van der Waals surface area contributed by atoms with Gasteiger partial charge in [0.05, 0.1) is 24.1 Å². The van der Waals surface area contributed by atoms with Crippen LogP contribution in [0, 0.1) is 13.8 Å². The van der Waals surface area contributed by atoms with Gasteiger partial charge in [-0.1, -0.05) is 36.0 Å². The number of hydrogen-bond acceptors (Lipinski definition) is 6. The summed E-state index contributed by atoms with van der Waals surface area (Å²) in [6, 6.07) is 13.8. The Labute approximate surface area is 167 Å². The van der Waals surface area contributed by atoms with Crippen LogP contribution in [0.1, 0.15) is 29.2 Å². The van der Waals surface area contributed by atoms with E-state index in [0.717, 1.165) is 23.4 Å². The van der Waals surface area contributed by atoms with Crippen LogP contribution in [-0.4, -0.2) is 38.5 Å². The Morgan fingerprint density at radius 3 is 2.96 bits per heavy atom. The van der Waals surface area contributed by atoms with Crippen molar-refractivity contribution < 1.29 is 9.53 Å². The smallest absolute Gasteiger partial charge is 0.230 e. The van der Waals surface area contributed by atoms with Gasteiger partial charge in [-0.3, -0.25) is 4.79 Å². The highest BCUT2D eigenvalue weighted by Crippen LogP contribution is 2.31. The predicted molar refractivity (Wildman–Crippen MR) is 107 cm³/mol. The molecule has 1 atom stereocenters. The van der Waals surface area contributed by atoms with Crippen molar-refractivity contribution in [3.63, 3.8) is 0 Å². The zero-order valence-corrected chi connectivity index (χ0v) is 16.6. The molecule has 2 heterocycles. The normalized spacial score (nSPS) is 15.6. The predicted octanol–water partition coefficient (Wildman–Crippen LogP) is 3.01. The highest BCUT2D eigenvalue weighted by molar-refractivity contribution is 7.99. The second-order valence-corrected chi connectivity index (χ2v) is 7.67. The molecule has 1 aromatic heterocycles. The van der Waals surface area contributed by atoms with E-state index in [1.807, 2.05) is 42.5 Å². The number of thioether (sulfide) groups is 1. The van der Waals surface area contributed by atoms with Gasteiger partial charge in [-0.15, -0.1) is 5.10 Å². The third-order valence-electron chi connectivity index (χ3n) is 4.80. The largest absolute Gasteiger partial charge is 0.493 e. The number of carbonyl (C=O) groups is 1. The minimum atomic E-state index is -0.0543. The van der Waals surface area contributed by atoms with E-state index >= 15 is 0 Å². The number of aryl methyl sites for hydroxylation is 2. The first-order valence-electron chi connectivity index (χ1n) is 9.12. The molecule has 144 valence electrons. The first kappa shape index (κ1) is 18.5. The molecule has 0 fully saturated rings. The average molecular weight is 395 g/mol. The van der Waals surface area contributed by atoms with Crippen LogP contribution >= 0.6 is 11.8 Å². The number of tetrazole rings is 1. The van der Waals surface area contributed by atoms with Crippen molar-refractivity contribution >= 4 is 17.7 Å². The molecule has 0 saturated carbocycles. The summed E-state index contributed by atoms with van der Waals surface area (Å²) in [6.45, 7) is 4.71. The number of amides is 1. The zero-order chi connectivity index (χ0) is 19.5. The molecule has 4 rings (SSSR count). The summed E-state index contributed by atoms with van der Waals surface area (Å²) in [5.74, 6) is 1.02. The van der Waals surface area contributed by atoms with Gasteiger partial charge < -0.3 is 10.1 Å². The third kappa shape index (κ3) is 3.87. The lowest BCUT2D eigenvalue weighted by molar-refractivity contribution is -0.119. The fourth-order valence-corrected chi connectivity index (χ4v) is 3.85. The maximum atomic E-state index is 12.5. The van der Waals surface area contributed by atoms with E-state index in [4.69, 9.17) is 4.74 Å². The molecule has 1 aliphatic rings. The van der Waals surface area contributed by atoms with Gasteiger partial charge in [-0.05, 0) is 53.6 Å². The molecule has 0 spiro atoms. The monoisotopic (exact) mass is 395 g/mol. The Morgan fingerprint density at radius 1 is 1.25 bits per heavy atom. The maximum absolute atomic E-state index is 12.5. The van der Waals surface area contributed by atoms with E-state index in [0.29, 0.717) is 11.8 Å². The van der Waals surface area contributed by atoms with Gasteiger partial charge in [0.1, 0.15) is 5.75 Å². The Kier molecular flexibility index (Phi) is 5.29. The summed E-state index contributed by atoms with van der Waals surface area (Å²) in [5, 5.41) is 15.6. The van der Waals surface area contributed by atoms with Crippen LogP contribution in [0.5, 0.6) is 5.75 Å². The highest BCUT2D eigenvalue weighted by atomic mass is 32.2. The lowest BCUT2D eigenvalue weighted by atomic mass is 10.0. The SMILES string of the molecule is Cc1ccc(-n2nnnc2SCC(=O)NC2CCOc3ccccc32)cc1C. The molecular weight excluding hydrogens is 374 g/mol. The Balaban J connectivity index is 1.41. The van der Waals surface area contributed by atoms with Gasteiger partial charge >= 0.3 is 0 Å². The van der Waals surface area contributed by atoms with Gasteiger partial charge in [0.25, 0.3) is 0 Å². The van der Waals surface area contributed by atoms with Gasteiger partial charge in [-0.2, -0.15) is 4.68 Å². The number of aromatic nitrogens is 4. The molecule has 7 nitrogen and oxygen atoms in total. The number of nitrogens with zero attached hydrogens (tertiary/aromatic N) is 4. The Morgan fingerprint density at radius 2 is 2.11 bits per heavy atom. The number of para-hydroxylation sites is 1. The van der Waals surface area contributed by atoms with Crippen molar-refractivity contribution in [1.82, 2.24) is 25.5 Å². The molecule has 3 aromatic rings. The molecule has 1 aliphatic heterocycles. The molecule has 8 heteroatoms. The summed E-state index contributed by atoms with van der Waals surface area (Å²) < 4.78 is 7.31. The minimum absolute atomic E-state index is 0.0335. The van der Waals surface area contributed by atoms with E-state index in [-0.39, 0.29) is 17.7 Å². The summed E-state index contributed by atoms with van der Waals surface area (Å²) in [4.78, 5) is 12.5. The Hall–Kier alpha value is -2.87. The van der Waals surface area contributed by atoms with E-state index in [2.05, 4.69) is 34.7 Å². The van der Waals surface area contributed by atoms with Crippen molar-refractivity contribution in [2.24, 2.45) is 0 Å². The molecule has 1 N–H and O–H groups in total. The first-order valence-corrected chi connectivity index (χ1v) is 10.1. The number of rotatable bonds is 5. The summed E-state index contributed by atoms with van der Waals surface area (Å²) in [7, 11) is 0. The molecule has 0 saturated heterocycles. The molecule has 0 radical (unpaired) electrons. The standard InChI is InChI=1S/C20H21N5O2S/c1-13-7-8-15(11-14(13)2)25-20(22-23-24-25)28-12-19(26)21-17-9-10-27-18-6-4-3-5-16(17)18/h3-8,11,17H,9-10,12H2,1-2H3,(H,21,26). The van der Waals surface area contributed by atoms with Crippen molar-refractivity contribution in [1.29, 1.82) is 0 Å². The fourth-order valence-electron chi connectivity index (χ4n) is 3.15. The molecule has 2 aromatic carbocycles. The second kappa shape index (κ2) is 8.02. The minimum Gasteiger partial charge on any atom is -0.493 e. The summed E-state index contributed by atoms with van der Waals surface area (Å²) >= 11 is 1.32.